The molecule has 3 aliphatic rings. The van der Waals surface area contributed by atoms with E-state index in [1.807, 2.05) is 36.9 Å². The Bertz CT molecular complexity index is 767. The second kappa shape index (κ2) is 12.1. The molecular weight excluding hydrogens is 402 g/mol. The fourth-order valence-corrected chi connectivity index (χ4v) is 3.99. The van der Waals surface area contributed by atoms with Crippen LogP contribution in [-0.2, 0) is 9.59 Å². The average Bonchev–Trinajstić information content (AvgIpc) is 3.61. The molecule has 1 heterocycles. The molecule has 0 unspecified atom stereocenters. The lowest BCUT2D eigenvalue weighted by atomic mass is 9.90. The summed E-state index contributed by atoms with van der Waals surface area (Å²) >= 11 is 0. The summed E-state index contributed by atoms with van der Waals surface area (Å²) in [4.78, 5) is 37.8. The molecule has 0 atom stereocenters. The van der Waals surface area contributed by atoms with Gasteiger partial charge in [0.1, 0.15) is 0 Å². The zero-order chi connectivity index (χ0) is 22.9. The van der Waals surface area contributed by atoms with Gasteiger partial charge in [-0.2, -0.15) is 0 Å². The molecule has 6 heteroatoms. The highest BCUT2D eigenvalue weighted by atomic mass is 16.2. The summed E-state index contributed by atoms with van der Waals surface area (Å²) in [5.41, 5.74) is 1.62. The van der Waals surface area contributed by atoms with Gasteiger partial charge in [-0.3, -0.25) is 14.4 Å². The lowest BCUT2D eigenvalue weighted by molar-refractivity contribution is -0.134. The van der Waals surface area contributed by atoms with Crippen LogP contribution in [0.2, 0.25) is 0 Å². The number of hydrogen-bond donors (Lipinski definition) is 2. The summed E-state index contributed by atoms with van der Waals surface area (Å²) in [7, 11) is 0. The van der Waals surface area contributed by atoms with Crippen LogP contribution in [0.3, 0.4) is 0 Å². The highest BCUT2D eigenvalue weighted by Gasteiger charge is 2.32. The monoisotopic (exact) mass is 441 g/mol. The molecule has 2 aliphatic carbocycles. The van der Waals surface area contributed by atoms with Gasteiger partial charge in [-0.05, 0) is 30.5 Å². The number of ketones is 1. The van der Waals surface area contributed by atoms with Crippen LogP contribution in [0.25, 0.3) is 0 Å². The number of carbonyl (C=O) groups excluding carboxylic acids is 3. The third-order valence-corrected chi connectivity index (χ3v) is 6.54. The van der Waals surface area contributed by atoms with Crippen molar-refractivity contribution in [2.45, 2.75) is 77.2 Å². The summed E-state index contributed by atoms with van der Waals surface area (Å²) in [6, 6.07) is 8.00. The van der Waals surface area contributed by atoms with Crippen LogP contribution in [0.5, 0.6) is 0 Å². The van der Waals surface area contributed by atoms with Crippen molar-refractivity contribution >= 4 is 17.6 Å². The molecule has 2 amide bonds. The van der Waals surface area contributed by atoms with E-state index < -0.39 is 0 Å². The molecular formula is C26H39N3O3. The van der Waals surface area contributed by atoms with Crippen LogP contribution in [0.15, 0.2) is 24.3 Å². The molecule has 1 aromatic rings. The standard InChI is InChI=1S/C20H27N3O3.C6H12/c1-13(2)18(24)9-22-20(26)15-5-3-4-14(8-15)16-11-23(12-16)19(25)10-21-17-6-7-17;1-2-4-6-5-3-1/h3-5,8,13,16-17,21H,6-7,9-12H2,1-2H3,(H,22,26);1-6H2. The van der Waals surface area contributed by atoms with Gasteiger partial charge in [-0.1, -0.05) is 64.5 Å². The Kier molecular flexibility index (Phi) is 9.27. The zero-order valence-corrected chi connectivity index (χ0v) is 19.7. The maximum Gasteiger partial charge on any atom is 0.251 e. The highest BCUT2D eigenvalue weighted by Crippen LogP contribution is 2.28. The van der Waals surface area contributed by atoms with Crippen molar-refractivity contribution in [3.05, 3.63) is 35.4 Å². The van der Waals surface area contributed by atoms with E-state index in [4.69, 9.17) is 0 Å². The van der Waals surface area contributed by atoms with Gasteiger partial charge in [0.15, 0.2) is 5.78 Å². The van der Waals surface area contributed by atoms with Gasteiger partial charge in [-0.15, -0.1) is 0 Å². The molecule has 0 bridgehead atoms. The van der Waals surface area contributed by atoms with Gasteiger partial charge in [0.2, 0.25) is 5.91 Å². The summed E-state index contributed by atoms with van der Waals surface area (Å²) < 4.78 is 0. The minimum absolute atomic E-state index is 0.0162. The van der Waals surface area contributed by atoms with E-state index in [0.717, 1.165) is 5.56 Å². The third kappa shape index (κ3) is 7.73. The number of nitrogens with zero attached hydrogens (tertiary/aromatic N) is 1. The topological polar surface area (TPSA) is 78.5 Å². The van der Waals surface area contributed by atoms with Crippen LogP contribution in [0.4, 0.5) is 0 Å². The predicted octanol–water partition coefficient (Wildman–Crippen LogP) is 3.66. The highest BCUT2D eigenvalue weighted by molar-refractivity contribution is 5.97. The Hall–Kier alpha value is -2.21. The second-order valence-corrected chi connectivity index (χ2v) is 9.70. The van der Waals surface area contributed by atoms with Crippen molar-refractivity contribution < 1.29 is 14.4 Å². The number of carbonyl (C=O) groups is 3. The van der Waals surface area contributed by atoms with Gasteiger partial charge >= 0.3 is 0 Å². The summed E-state index contributed by atoms with van der Waals surface area (Å²) in [5.74, 6) is 0.109. The van der Waals surface area contributed by atoms with E-state index in [1.54, 1.807) is 6.07 Å². The van der Waals surface area contributed by atoms with E-state index in [2.05, 4.69) is 10.6 Å². The Morgan fingerprint density at radius 1 is 0.969 bits per heavy atom. The quantitative estimate of drug-likeness (QED) is 0.645. The van der Waals surface area contributed by atoms with Crippen molar-refractivity contribution in [2.24, 2.45) is 5.92 Å². The van der Waals surface area contributed by atoms with Crippen LogP contribution in [0, 0.1) is 5.92 Å². The van der Waals surface area contributed by atoms with Crippen molar-refractivity contribution in [1.82, 2.24) is 15.5 Å². The molecule has 1 aromatic carbocycles. The Labute approximate surface area is 192 Å². The maximum atomic E-state index is 12.2. The van der Waals surface area contributed by atoms with Crippen LogP contribution in [-0.4, -0.2) is 54.7 Å². The molecule has 176 valence electrons. The van der Waals surface area contributed by atoms with Crippen LogP contribution >= 0.6 is 0 Å². The lowest BCUT2D eigenvalue weighted by Gasteiger charge is -2.39. The predicted molar refractivity (Wildman–Crippen MR) is 127 cm³/mol. The van der Waals surface area contributed by atoms with Gasteiger partial charge < -0.3 is 15.5 Å². The molecule has 0 aromatic heterocycles. The summed E-state index contributed by atoms with van der Waals surface area (Å²) in [6.45, 7) is 5.51. The molecule has 1 saturated heterocycles. The number of Topliss-reactive ketones (excluding diaryl/α,β-unsaturated/α-hetero) is 1. The Morgan fingerprint density at radius 2 is 1.59 bits per heavy atom. The normalized spacial score (nSPS) is 18.4. The first-order valence-electron chi connectivity index (χ1n) is 12.4. The summed E-state index contributed by atoms with van der Waals surface area (Å²) in [6.07, 6.45) is 11.3. The number of rotatable bonds is 8. The Morgan fingerprint density at radius 3 is 2.16 bits per heavy atom. The van der Waals surface area contributed by atoms with Crippen LogP contribution < -0.4 is 10.6 Å². The molecule has 32 heavy (non-hydrogen) atoms. The van der Waals surface area contributed by atoms with E-state index in [-0.39, 0.29) is 36.0 Å². The van der Waals surface area contributed by atoms with Gasteiger partial charge in [0, 0.05) is 36.5 Å². The lowest BCUT2D eigenvalue weighted by Crippen LogP contribution is -2.51. The van der Waals surface area contributed by atoms with E-state index >= 15 is 0 Å². The maximum absolute atomic E-state index is 12.2. The average molecular weight is 442 g/mol. The van der Waals surface area contributed by atoms with Crippen molar-refractivity contribution in [1.29, 1.82) is 0 Å². The number of likely N-dealkylation sites (tertiary alicyclic amines) is 1. The first-order chi connectivity index (χ1) is 15.4. The second-order valence-electron chi connectivity index (χ2n) is 9.70. The van der Waals surface area contributed by atoms with Crippen molar-refractivity contribution in [3.63, 3.8) is 0 Å². The molecule has 2 N–H and O–H groups in total. The van der Waals surface area contributed by atoms with Crippen LogP contribution in [0.1, 0.15) is 87.1 Å². The molecule has 2 saturated carbocycles. The molecule has 1 aliphatic heterocycles. The molecule has 6 nitrogen and oxygen atoms in total. The molecule has 3 fully saturated rings. The first kappa shape index (κ1) is 24.4. The van der Waals surface area contributed by atoms with Crippen molar-refractivity contribution in [2.75, 3.05) is 26.2 Å². The largest absolute Gasteiger partial charge is 0.345 e. The van der Waals surface area contributed by atoms with Gasteiger partial charge in [-0.25, -0.2) is 0 Å². The fraction of sp³-hybridized carbons (Fsp3) is 0.654. The minimum atomic E-state index is -0.235. The zero-order valence-electron chi connectivity index (χ0n) is 19.7. The van der Waals surface area contributed by atoms with E-state index in [1.165, 1.54) is 51.4 Å². The third-order valence-electron chi connectivity index (χ3n) is 6.54. The number of amides is 2. The van der Waals surface area contributed by atoms with Crippen molar-refractivity contribution in [3.8, 4) is 0 Å². The number of benzene rings is 1. The number of nitrogens with one attached hydrogen (secondary N) is 2. The fourth-order valence-electron chi connectivity index (χ4n) is 3.99. The molecule has 0 radical (unpaired) electrons. The van der Waals surface area contributed by atoms with Gasteiger partial charge in [0.25, 0.3) is 5.91 Å². The Balaban J connectivity index is 0.000000416. The van der Waals surface area contributed by atoms with E-state index in [9.17, 15) is 14.4 Å². The SMILES string of the molecule is C1CCCCC1.CC(C)C(=O)CNC(=O)c1cccc(C2CN(C(=O)CNC3CC3)C2)c1. The first-order valence-corrected chi connectivity index (χ1v) is 12.4. The molecule has 0 spiro atoms. The smallest absolute Gasteiger partial charge is 0.251 e. The van der Waals surface area contributed by atoms with E-state index in [0.29, 0.717) is 31.2 Å². The molecule has 4 rings (SSSR count). The number of hydrogen-bond acceptors (Lipinski definition) is 4. The van der Waals surface area contributed by atoms with Gasteiger partial charge in [0.05, 0.1) is 13.1 Å². The minimum Gasteiger partial charge on any atom is -0.345 e. The summed E-state index contributed by atoms with van der Waals surface area (Å²) in [5, 5.41) is 5.92.